The summed E-state index contributed by atoms with van der Waals surface area (Å²) in [5, 5.41) is 0.809. The number of methoxy groups -OCH3 is 3. The molecule has 0 unspecified atom stereocenters. The lowest BCUT2D eigenvalue weighted by atomic mass is 10.0. The minimum Gasteiger partial charge on any atom is -0.496 e. The predicted molar refractivity (Wildman–Crippen MR) is 113 cm³/mol. The molecule has 1 heterocycles. The molecular weight excluding hydrogens is 408 g/mol. The van der Waals surface area contributed by atoms with Gasteiger partial charge in [0.1, 0.15) is 11.0 Å². The van der Waals surface area contributed by atoms with Crippen LogP contribution in [-0.4, -0.2) is 60.3 Å². The summed E-state index contributed by atoms with van der Waals surface area (Å²) in [6.07, 6.45) is 0.522. The summed E-state index contributed by atoms with van der Waals surface area (Å²) in [5.41, 5.74) is 1.71. The quantitative estimate of drug-likeness (QED) is 0.645. The van der Waals surface area contributed by atoms with E-state index in [0.717, 1.165) is 16.9 Å². The molecule has 2 atom stereocenters. The van der Waals surface area contributed by atoms with Crippen LogP contribution in [0.15, 0.2) is 42.5 Å². The molecule has 1 saturated heterocycles. The first-order valence-electron chi connectivity index (χ1n) is 9.59. The van der Waals surface area contributed by atoms with Crippen LogP contribution in [0.5, 0.6) is 17.2 Å². The highest BCUT2D eigenvalue weighted by molar-refractivity contribution is 7.90. The Morgan fingerprint density at radius 2 is 1.73 bits per heavy atom. The van der Waals surface area contributed by atoms with E-state index in [1.54, 1.807) is 45.6 Å². The highest BCUT2D eigenvalue weighted by Gasteiger charge is 2.43. The average molecular weight is 437 g/mol. The monoisotopic (exact) mass is 436 g/mol. The number of hydroxylamine groups is 2. The number of hydrogen-bond donors (Lipinski definition) is 1. The van der Waals surface area contributed by atoms with E-state index in [0.29, 0.717) is 17.9 Å². The van der Waals surface area contributed by atoms with Crippen molar-refractivity contribution in [2.75, 3.05) is 41.5 Å². The minimum atomic E-state index is -3.64. The van der Waals surface area contributed by atoms with E-state index in [4.69, 9.17) is 19.0 Å². The first-order valence-corrected chi connectivity index (χ1v) is 11.1. The second kappa shape index (κ2) is 9.65. The van der Waals surface area contributed by atoms with Gasteiger partial charge in [0.2, 0.25) is 10.0 Å². The fourth-order valence-corrected chi connectivity index (χ4v) is 5.17. The third-order valence-corrected chi connectivity index (χ3v) is 7.02. The third kappa shape index (κ3) is 4.70. The molecule has 2 aromatic carbocycles. The van der Waals surface area contributed by atoms with Crippen molar-refractivity contribution < 1.29 is 27.5 Å². The molecule has 0 amide bonds. The van der Waals surface area contributed by atoms with E-state index in [2.05, 4.69) is 4.72 Å². The number of para-hydroxylation sites is 1. The van der Waals surface area contributed by atoms with Gasteiger partial charge in [-0.25, -0.2) is 13.1 Å². The van der Waals surface area contributed by atoms with Crippen molar-refractivity contribution >= 4 is 10.0 Å². The largest absolute Gasteiger partial charge is 0.496 e. The summed E-state index contributed by atoms with van der Waals surface area (Å²) in [6.45, 7) is 0.334. The second-order valence-corrected chi connectivity index (χ2v) is 8.93. The lowest BCUT2D eigenvalue weighted by Gasteiger charge is -2.24. The summed E-state index contributed by atoms with van der Waals surface area (Å²) in [4.78, 5) is 5.57. The van der Waals surface area contributed by atoms with Gasteiger partial charge in [-0.1, -0.05) is 24.3 Å². The van der Waals surface area contributed by atoms with Crippen molar-refractivity contribution in [3.05, 3.63) is 53.6 Å². The van der Waals surface area contributed by atoms with Crippen molar-refractivity contribution in [1.29, 1.82) is 0 Å². The predicted octanol–water partition coefficient (Wildman–Crippen LogP) is 2.16. The minimum absolute atomic E-state index is 0.0690. The van der Waals surface area contributed by atoms with E-state index < -0.39 is 21.3 Å². The highest BCUT2D eigenvalue weighted by atomic mass is 32.2. The van der Waals surface area contributed by atoms with Gasteiger partial charge in [0, 0.05) is 13.6 Å². The molecule has 164 valence electrons. The lowest BCUT2D eigenvalue weighted by molar-refractivity contribution is -0.110. The maximum atomic E-state index is 13.1. The van der Waals surface area contributed by atoms with Gasteiger partial charge in [-0.3, -0.25) is 4.84 Å². The van der Waals surface area contributed by atoms with Gasteiger partial charge in [0.25, 0.3) is 0 Å². The van der Waals surface area contributed by atoms with E-state index in [1.807, 2.05) is 30.3 Å². The smallest absolute Gasteiger partial charge is 0.218 e. The van der Waals surface area contributed by atoms with Gasteiger partial charge in [0.15, 0.2) is 11.5 Å². The molecule has 0 aliphatic carbocycles. The fraction of sp³-hybridized carbons (Fsp3) is 0.429. The summed E-state index contributed by atoms with van der Waals surface area (Å²) in [6, 6.07) is 12.5. The molecule has 8 nitrogen and oxygen atoms in total. The van der Waals surface area contributed by atoms with Crippen LogP contribution >= 0.6 is 0 Å². The molecule has 0 bridgehead atoms. The van der Waals surface area contributed by atoms with E-state index in [9.17, 15) is 8.42 Å². The Morgan fingerprint density at radius 1 is 1.03 bits per heavy atom. The van der Waals surface area contributed by atoms with E-state index in [1.165, 1.54) is 0 Å². The SMILES string of the molecule is COc1ccccc1CCNS(=O)(=O)[C@H]1CON(C)[C@H]1c1ccc(OC)c(OC)c1. The molecule has 0 spiro atoms. The zero-order valence-corrected chi connectivity index (χ0v) is 18.4. The van der Waals surface area contributed by atoms with Crippen molar-refractivity contribution in [3.63, 3.8) is 0 Å². The van der Waals surface area contributed by atoms with Crippen molar-refractivity contribution in [2.24, 2.45) is 0 Å². The molecule has 1 aliphatic rings. The maximum absolute atomic E-state index is 13.1. The first-order chi connectivity index (χ1) is 14.4. The number of benzene rings is 2. The molecule has 3 rings (SSSR count). The molecule has 9 heteroatoms. The summed E-state index contributed by atoms with van der Waals surface area (Å²) in [7, 11) is 2.79. The van der Waals surface area contributed by atoms with E-state index in [-0.39, 0.29) is 13.2 Å². The van der Waals surface area contributed by atoms with Crippen LogP contribution in [0.4, 0.5) is 0 Å². The highest BCUT2D eigenvalue weighted by Crippen LogP contribution is 2.37. The number of nitrogens with one attached hydrogen (secondary N) is 1. The van der Waals surface area contributed by atoms with Crippen LogP contribution < -0.4 is 18.9 Å². The summed E-state index contributed by atoms with van der Waals surface area (Å²) >= 11 is 0. The average Bonchev–Trinajstić information content (AvgIpc) is 3.15. The van der Waals surface area contributed by atoms with Gasteiger partial charge < -0.3 is 14.2 Å². The normalized spacial score (nSPS) is 19.6. The van der Waals surface area contributed by atoms with Gasteiger partial charge in [-0.15, -0.1) is 0 Å². The Morgan fingerprint density at radius 3 is 2.43 bits per heavy atom. The number of nitrogens with zero attached hydrogens (tertiary/aromatic N) is 1. The van der Waals surface area contributed by atoms with Gasteiger partial charge in [0.05, 0.1) is 34.0 Å². The second-order valence-electron chi connectivity index (χ2n) is 6.94. The molecule has 2 aromatic rings. The number of hydrogen-bond acceptors (Lipinski definition) is 7. The molecule has 1 N–H and O–H groups in total. The summed E-state index contributed by atoms with van der Waals surface area (Å²) in [5.74, 6) is 1.86. The Kier molecular flexibility index (Phi) is 7.19. The Hall–Kier alpha value is -2.33. The third-order valence-electron chi connectivity index (χ3n) is 5.22. The summed E-state index contributed by atoms with van der Waals surface area (Å²) < 4.78 is 44.9. The van der Waals surface area contributed by atoms with Gasteiger partial charge >= 0.3 is 0 Å². The van der Waals surface area contributed by atoms with Crippen LogP contribution in [0.2, 0.25) is 0 Å². The first kappa shape index (κ1) is 22.4. The maximum Gasteiger partial charge on any atom is 0.218 e. The standard InChI is InChI=1S/C21H28N2O6S/c1-23-21(16-9-10-18(27-3)19(13-16)28-4)20(14-29-23)30(24,25)22-12-11-15-7-5-6-8-17(15)26-2/h5-10,13,20-22H,11-12,14H2,1-4H3/t20-,21-/m0/s1. The number of sulfonamides is 1. The molecule has 0 radical (unpaired) electrons. The molecular formula is C21H28N2O6S. The molecule has 30 heavy (non-hydrogen) atoms. The van der Waals surface area contributed by atoms with Crippen LogP contribution in [0.1, 0.15) is 17.2 Å². The Bertz CT molecular complexity index is 966. The molecule has 1 fully saturated rings. The number of rotatable bonds is 9. The van der Waals surface area contributed by atoms with Gasteiger partial charge in [-0.05, 0) is 35.7 Å². The zero-order valence-electron chi connectivity index (χ0n) is 17.6. The molecule has 0 saturated carbocycles. The lowest BCUT2D eigenvalue weighted by Crippen LogP contribution is -2.40. The Labute approximate surface area is 177 Å². The zero-order chi connectivity index (χ0) is 21.7. The topological polar surface area (TPSA) is 86.3 Å². The van der Waals surface area contributed by atoms with Crippen LogP contribution in [0, 0.1) is 0 Å². The number of ether oxygens (including phenoxy) is 3. The van der Waals surface area contributed by atoms with E-state index >= 15 is 0 Å². The molecule has 1 aliphatic heterocycles. The van der Waals surface area contributed by atoms with Crippen LogP contribution in [-0.2, 0) is 21.3 Å². The van der Waals surface area contributed by atoms with Crippen molar-refractivity contribution in [1.82, 2.24) is 9.79 Å². The molecule has 0 aromatic heterocycles. The van der Waals surface area contributed by atoms with Crippen LogP contribution in [0.25, 0.3) is 0 Å². The fourth-order valence-electron chi connectivity index (χ4n) is 3.66. The van der Waals surface area contributed by atoms with Crippen LogP contribution in [0.3, 0.4) is 0 Å². The van der Waals surface area contributed by atoms with Crippen molar-refractivity contribution in [2.45, 2.75) is 17.7 Å². The van der Waals surface area contributed by atoms with Gasteiger partial charge in [-0.2, -0.15) is 5.06 Å². The van der Waals surface area contributed by atoms with Crippen molar-refractivity contribution in [3.8, 4) is 17.2 Å². The Balaban J connectivity index is 1.76.